The molecule has 0 atom stereocenters. The van der Waals surface area contributed by atoms with Crippen molar-refractivity contribution >= 4 is 39.4 Å². The highest BCUT2D eigenvalue weighted by Crippen LogP contribution is 2.32. The summed E-state index contributed by atoms with van der Waals surface area (Å²) in [6.45, 7) is 6.49. The molecule has 1 aliphatic rings. The van der Waals surface area contributed by atoms with Gasteiger partial charge in [-0.1, -0.05) is 23.9 Å². The molecule has 2 aromatic rings. The molecule has 0 bridgehead atoms. The fourth-order valence-corrected chi connectivity index (χ4v) is 4.88. The molecule has 0 N–H and O–H groups in total. The van der Waals surface area contributed by atoms with Gasteiger partial charge in [0.15, 0.2) is 5.16 Å². The Morgan fingerprint density at radius 1 is 1.48 bits per heavy atom. The van der Waals surface area contributed by atoms with Crippen LogP contribution < -0.4 is 5.43 Å². The van der Waals surface area contributed by atoms with Crippen LogP contribution in [0.25, 0.3) is 10.3 Å². The van der Waals surface area contributed by atoms with E-state index in [2.05, 4.69) is 16.3 Å². The van der Waals surface area contributed by atoms with Crippen LogP contribution in [0.3, 0.4) is 0 Å². The molecule has 5 nitrogen and oxygen atoms in total. The number of hydrogen-bond donors (Lipinski definition) is 0. The van der Waals surface area contributed by atoms with Crippen molar-refractivity contribution in [2.45, 2.75) is 37.9 Å². The van der Waals surface area contributed by atoms with Gasteiger partial charge in [0.2, 0.25) is 5.43 Å². The molecule has 0 radical (unpaired) electrons. The third-order valence-electron chi connectivity index (χ3n) is 3.74. The number of ether oxygens (including phenoxy) is 1. The minimum Gasteiger partial charge on any atom is -0.468 e. The number of nitrogens with zero attached hydrogens (tertiary/aromatic N) is 2. The van der Waals surface area contributed by atoms with Gasteiger partial charge < -0.3 is 9.30 Å². The van der Waals surface area contributed by atoms with Gasteiger partial charge in [0, 0.05) is 17.0 Å². The second-order valence-electron chi connectivity index (χ2n) is 5.64. The van der Waals surface area contributed by atoms with Gasteiger partial charge in [-0.25, -0.2) is 4.98 Å². The number of imidazole rings is 1. The molecular formula is C16H18N2O3S2. The summed E-state index contributed by atoms with van der Waals surface area (Å²) in [5.74, 6) is -0.133. The normalized spacial score (nSPS) is 13.3. The fraction of sp³-hybridized carbons (Fsp3) is 0.438. The highest BCUT2D eigenvalue weighted by Gasteiger charge is 2.23. The Hall–Kier alpha value is -1.60. The van der Waals surface area contributed by atoms with E-state index in [9.17, 15) is 9.59 Å². The van der Waals surface area contributed by atoms with Crippen molar-refractivity contribution in [3.63, 3.8) is 0 Å². The zero-order chi connectivity index (χ0) is 16.6. The van der Waals surface area contributed by atoms with Gasteiger partial charge in [0.05, 0.1) is 12.9 Å². The van der Waals surface area contributed by atoms with Gasteiger partial charge in [0.1, 0.15) is 10.3 Å². The number of rotatable bonds is 5. The van der Waals surface area contributed by atoms with Crippen LogP contribution in [0.4, 0.5) is 0 Å². The lowest BCUT2D eigenvalue weighted by atomic mass is 10.2. The Kier molecular flexibility index (Phi) is 4.59. The topological polar surface area (TPSA) is 61.2 Å². The zero-order valence-corrected chi connectivity index (χ0v) is 14.8. The summed E-state index contributed by atoms with van der Waals surface area (Å²) in [5, 5.41) is 0.672. The molecule has 0 unspecified atom stereocenters. The van der Waals surface area contributed by atoms with Gasteiger partial charge in [0.25, 0.3) is 0 Å². The molecule has 1 aliphatic carbocycles. The number of aryl methyl sites for hydroxylation is 1. The monoisotopic (exact) mass is 350 g/mol. The van der Waals surface area contributed by atoms with Crippen LogP contribution in [-0.2, 0) is 28.9 Å². The molecule has 2 heterocycles. The van der Waals surface area contributed by atoms with Gasteiger partial charge in [-0.15, -0.1) is 11.3 Å². The van der Waals surface area contributed by atoms with E-state index in [1.807, 2.05) is 11.5 Å². The van der Waals surface area contributed by atoms with E-state index >= 15 is 0 Å². The molecule has 23 heavy (non-hydrogen) atoms. The van der Waals surface area contributed by atoms with E-state index < -0.39 is 0 Å². The van der Waals surface area contributed by atoms with Gasteiger partial charge >= 0.3 is 5.97 Å². The fourth-order valence-electron chi connectivity index (χ4n) is 2.70. The Labute approximate surface area is 142 Å². The molecule has 0 spiro atoms. The minimum absolute atomic E-state index is 0.0478. The highest BCUT2D eigenvalue weighted by molar-refractivity contribution is 7.99. The Morgan fingerprint density at radius 3 is 2.96 bits per heavy atom. The average molecular weight is 350 g/mol. The summed E-state index contributed by atoms with van der Waals surface area (Å²) < 4.78 is 6.68. The average Bonchev–Trinajstić information content (AvgIpc) is 3.11. The maximum absolute atomic E-state index is 12.7. The van der Waals surface area contributed by atoms with E-state index in [-0.39, 0.29) is 17.2 Å². The molecule has 2 aromatic heterocycles. The number of hydrogen-bond acceptors (Lipinski definition) is 6. The number of methoxy groups -OCH3 is 1. The van der Waals surface area contributed by atoms with Crippen LogP contribution in [0.5, 0.6) is 0 Å². The molecule has 0 amide bonds. The molecular weight excluding hydrogens is 332 g/mol. The van der Waals surface area contributed by atoms with Crippen LogP contribution in [0.15, 0.2) is 22.1 Å². The molecule has 0 saturated heterocycles. The summed E-state index contributed by atoms with van der Waals surface area (Å²) in [6.07, 6.45) is 2.85. The second kappa shape index (κ2) is 6.49. The lowest BCUT2D eigenvalue weighted by molar-refractivity contribution is -0.137. The second-order valence-corrected chi connectivity index (χ2v) is 7.67. The predicted molar refractivity (Wildman–Crippen MR) is 93.5 cm³/mol. The van der Waals surface area contributed by atoms with Crippen LogP contribution >= 0.6 is 23.1 Å². The van der Waals surface area contributed by atoms with Crippen LogP contribution in [0.1, 0.15) is 23.8 Å². The number of carbonyl (C=O) groups excluding carboxylic acids is 1. The lowest BCUT2D eigenvalue weighted by Crippen LogP contribution is -2.08. The van der Waals surface area contributed by atoms with Crippen LogP contribution in [0.2, 0.25) is 0 Å². The first kappa shape index (κ1) is 16.3. The SMILES string of the molecule is C=C(C)Cn1c(SCC(=O)OC)nc2c(=O)c3c(sc21)CCC3. The standard InChI is InChI=1S/C16H18N2O3S2/c1-9(2)7-18-15-13(17-16(18)22-8-12(19)21-3)14(20)10-5-4-6-11(10)23-15/h1,4-8H2,2-3H3. The summed E-state index contributed by atoms with van der Waals surface area (Å²) >= 11 is 2.95. The number of fused-ring (bicyclic) bond motifs is 2. The van der Waals surface area contributed by atoms with E-state index in [0.29, 0.717) is 17.2 Å². The molecule has 0 aromatic carbocycles. The van der Waals surface area contributed by atoms with Gasteiger partial charge in [-0.2, -0.15) is 0 Å². The first-order chi connectivity index (χ1) is 11.0. The summed E-state index contributed by atoms with van der Waals surface area (Å²) in [6, 6.07) is 0. The minimum atomic E-state index is -0.308. The van der Waals surface area contributed by atoms with Gasteiger partial charge in [-0.05, 0) is 26.2 Å². The Bertz CT molecular complexity index is 851. The van der Waals surface area contributed by atoms with E-state index in [4.69, 9.17) is 0 Å². The maximum atomic E-state index is 12.7. The summed E-state index contributed by atoms with van der Waals surface area (Å²) in [7, 11) is 1.36. The van der Waals surface area contributed by atoms with Crippen molar-refractivity contribution in [3.8, 4) is 0 Å². The quantitative estimate of drug-likeness (QED) is 0.471. The molecule has 122 valence electrons. The predicted octanol–water partition coefficient (Wildman–Crippen LogP) is 2.79. The lowest BCUT2D eigenvalue weighted by Gasteiger charge is -2.08. The van der Waals surface area contributed by atoms with E-state index in [0.717, 1.165) is 35.2 Å². The third-order valence-corrected chi connectivity index (χ3v) is 5.99. The largest absolute Gasteiger partial charge is 0.468 e. The van der Waals surface area contributed by atoms with E-state index in [1.165, 1.54) is 23.7 Å². The molecule has 3 rings (SSSR count). The number of thioether (sulfide) groups is 1. The van der Waals surface area contributed by atoms with Crippen molar-refractivity contribution < 1.29 is 9.53 Å². The number of esters is 1. The van der Waals surface area contributed by atoms with Crippen molar-refractivity contribution in [1.82, 2.24) is 9.55 Å². The zero-order valence-electron chi connectivity index (χ0n) is 13.2. The van der Waals surface area contributed by atoms with Crippen molar-refractivity contribution in [3.05, 3.63) is 32.8 Å². The first-order valence-corrected chi connectivity index (χ1v) is 9.20. The van der Waals surface area contributed by atoms with Crippen molar-refractivity contribution in [2.24, 2.45) is 0 Å². The smallest absolute Gasteiger partial charge is 0.316 e. The summed E-state index contributed by atoms with van der Waals surface area (Å²) in [5.41, 5.74) is 2.47. The number of allylic oxidation sites excluding steroid dienone is 1. The molecule has 7 heteroatoms. The first-order valence-electron chi connectivity index (χ1n) is 7.40. The van der Waals surface area contributed by atoms with Gasteiger partial charge in [-0.3, -0.25) is 9.59 Å². The number of aromatic nitrogens is 2. The number of carbonyl (C=O) groups is 1. The summed E-state index contributed by atoms with van der Waals surface area (Å²) in [4.78, 5) is 30.7. The molecule has 0 saturated carbocycles. The van der Waals surface area contributed by atoms with E-state index in [1.54, 1.807) is 11.3 Å². The molecule has 0 fully saturated rings. The van der Waals surface area contributed by atoms with Crippen LogP contribution in [-0.4, -0.2) is 28.4 Å². The maximum Gasteiger partial charge on any atom is 0.316 e. The molecule has 0 aliphatic heterocycles. The highest BCUT2D eigenvalue weighted by atomic mass is 32.2. The van der Waals surface area contributed by atoms with Crippen molar-refractivity contribution in [2.75, 3.05) is 12.9 Å². The Morgan fingerprint density at radius 2 is 2.26 bits per heavy atom. The van der Waals surface area contributed by atoms with Crippen molar-refractivity contribution in [1.29, 1.82) is 0 Å². The van der Waals surface area contributed by atoms with Crippen LogP contribution in [0, 0.1) is 0 Å². The third kappa shape index (κ3) is 3.07. The Balaban J connectivity index is 2.11.